The van der Waals surface area contributed by atoms with Crippen molar-refractivity contribution in [2.45, 2.75) is 39.5 Å². The highest BCUT2D eigenvalue weighted by Gasteiger charge is 2.17. The summed E-state index contributed by atoms with van der Waals surface area (Å²) < 4.78 is 44.1. The van der Waals surface area contributed by atoms with Crippen molar-refractivity contribution < 1.29 is 13.2 Å². The molecule has 2 N–H and O–H groups in total. The topological polar surface area (TPSA) is 57.4 Å². The number of allylic oxidation sites excluding steroid dienone is 1. The second-order valence-electron chi connectivity index (χ2n) is 8.51. The lowest BCUT2D eigenvalue weighted by atomic mass is 10.00. The van der Waals surface area contributed by atoms with Gasteiger partial charge >= 0.3 is 0 Å². The summed E-state index contributed by atoms with van der Waals surface area (Å²) in [6, 6.07) is 15.3. The van der Waals surface area contributed by atoms with Crippen molar-refractivity contribution >= 4 is 10.9 Å². The molecule has 2 heterocycles. The molecular weight excluding hydrogens is 473 g/mol. The van der Waals surface area contributed by atoms with Crippen molar-refractivity contribution in [2.75, 3.05) is 0 Å². The SMILES string of the molecule is C=CCCc1cccc(Cc2nc(-c3cc(Cc4c(F)cc5[nH]ccc5c4F)ccc3F)n[nH]2)c1.CC. The molecule has 3 aromatic carbocycles. The zero-order valence-corrected chi connectivity index (χ0v) is 20.9. The normalized spacial score (nSPS) is 10.8. The van der Waals surface area contributed by atoms with Crippen LogP contribution < -0.4 is 0 Å². The number of rotatable bonds is 8. The van der Waals surface area contributed by atoms with Gasteiger partial charge in [0.15, 0.2) is 5.82 Å². The Kier molecular flexibility index (Phi) is 8.23. The summed E-state index contributed by atoms with van der Waals surface area (Å²) in [6.45, 7) is 7.76. The van der Waals surface area contributed by atoms with Gasteiger partial charge in [-0.2, -0.15) is 5.10 Å². The molecule has 5 rings (SSSR count). The maximum absolute atomic E-state index is 14.9. The molecule has 0 amide bonds. The van der Waals surface area contributed by atoms with Crippen molar-refractivity contribution in [2.24, 2.45) is 0 Å². The number of hydrogen-bond acceptors (Lipinski definition) is 2. The summed E-state index contributed by atoms with van der Waals surface area (Å²) >= 11 is 0. The summed E-state index contributed by atoms with van der Waals surface area (Å²) in [7, 11) is 0. The first-order chi connectivity index (χ1) is 18.0. The van der Waals surface area contributed by atoms with E-state index in [1.807, 2.05) is 32.1 Å². The van der Waals surface area contributed by atoms with E-state index in [0.29, 0.717) is 28.7 Å². The van der Waals surface area contributed by atoms with Crippen molar-refractivity contribution in [3.63, 3.8) is 0 Å². The Bertz CT molecular complexity index is 1520. The van der Waals surface area contributed by atoms with E-state index in [9.17, 15) is 13.2 Å². The van der Waals surface area contributed by atoms with Gasteiger partial charge < -0.3 is 4.98 Å². The first-order valence-corrected chi connectivity index (χ1v) is 12.3. The second kappa shape index (κ2) is 11.7. The van der Waals surface area contributed by atoms with Crippen LogP contribution in [0.25, 0.3) is 22.3 Å². The Balaban J connectivity index is 0.00000156. The number of hydrogen-bond donors (Lipinski definition) is 2. The second-order valence-corrected chi connectivity index (χ2v) is 8.51. The minimum atomic E-state index is -0.654. The Morgan fingerprint density at radius 2 is 1.68 bits per heavy atom. The van der Waals surface area contributed by atoms with E-state index in [1.165, 1.54) is 23.8 Å². The van der Waals surface area contributed by atoms with Crippen molar-refractivity contribution in [1.82, 2.24) is 20.2 Å². The number of aryl methyl sites for hydroxylation is 1. The Hall–Kier alpha value is -4.13. The molecule has 0 radical (unpaired) electrons. The van der Waals surface area contributed by atoms with Crippen LogP contribution >= 0.6 is 0 Å². The fourth-order valence-electron chi connectivity index (χ4n) is 4.25. The lowest BCUT2D eigenvalue weighted by Gasteiger charge is -2.08. The van der Waals surface area contributed by atoms with Crippen LogP contribution in [0.3, 0.4) is 0 Å². The van der Waals surface area contributed by atoms with E-state index in [-0.39, 0.29) is 23.4 Å². The van der Waals surface area contributed by atoms with Crippen LogP contribution in [-0.4, -0.2) is 20.2 Å². The quantitative estimate of drug-likeness (QED) is 0.214. The lowest BCUT2D eigenvalue weighted by molar-refractivity contribution is 0.570. The predicted molar refractivity (Wildman–Crippen MR) is 142 cm³/mol. The standard InChI is InChI=1S/C28H23F3N4.C2H6/c1-2-3-5-17-6-4-7-18(12-17)15-26-33-28(35-34-26)22-14-19(8-9-23(22)29)13-21-24(30)16-25-20(27(21)31)10-11-32-25;1-2/h2,4,6-12,14,16,32H,1,3,5,13,15H2,(H,33,34,35);1-2H3. The van der Waals surface area contributed by atoms with Gasteiger partial charge in [0, 0.05) is 30.0 Å². The van der Waals surface area contributed by atoms with Crippen LogP contribution in [0.15, 0.2) is 73.4 Å². The molecule has 0 aliphatic carbocycles. The predicted octanol–water partition coefficient (Wildman–Crippen LogP) is 7.70. The minimum absolute atomic E-state index is 0.0269. The number of aromatic amines is 2. The Labute approximate surface area is 214 Å². The van der Waals surface area contributed by atoms with Crippen LogP contribution in [0, 0.1) is 17.5 Å². The maximum atomic E-state index is 14.9. The van der Waals surface area contributed by atoms with E-state index in [0.717, 1.165) is 18.4 Å². The number of nitrogens with zero attached hydrogens (tertiary/aromatic N) is 2. The molecule has 2 aromatic heterocycles. The zero-order valence-electron chi connectivity index (χ0n) is 20.9. The van der Waals surface area contributed by atoms with Gasteiger partial charge in [0.2, 0.25) is 0 Å². The van der Waals surface area contributed by atoms with Gasteiger partial charge in [-0.15, -0.1) is 6.58 Å². The first kappa shape index (κ1) is 25.9. The van der Waals surface area contributed by atoms with Crippen molar-refractivity contribution in [1.29, 1.82) is 0 Å². The number of aromatic nitrogens is 4. The molecule has 0 fully saturated rings. The van der Waals surface area contributed by atoms with Gasteiger partial charge in [-0.25, -0.2) is 18.2 Å². The van der Waals surface area contributed by atoms with Gasteiger partial charge in [-0.3, -0.25) is 5.10 Å². The molecule has 0 unspecified atom stereocenters. The molecule has 4 nitrogen and oxygen atoms in total. The van der Waals surface area contributed by atoms with Gasteiger partial charge in [0.25, 0.3) is 0 Å². The van der Waals surface area contributed by atoms with Crippen molar-refractivity contribution in [3.8, 4) is 11.4 Å². The Morgan fingerprint density at radius 1 is 0.892 bits per heavy atom. The van der Waals surface area contributed by atoms with Gasteiger partial charge in [-0.1, -0.05) is 50.3 Å². The van der Waals surface area contributed by atoms with Crippen LogP contribution in [0.5, 0.6) is 0 Å². The smallest absolute Gasteiger partial charge is 0.184 e. The first-order valence-electron chi connectivity index (χ1n) is 12.3. The summed E-state index contributed by atoms with van der Waals surface area (Å²) in [5.41, 5.74) is 3.32. The van der Waals surface area contributed by atoms with E-state index in [4.69, 9.17) is 0 Å². The largest absolute Gasteiger partial charge is 0.361 e. The molecule has 5 aromatic rings. The Morgan fingerprint density at radius 3 is 2.49 bits per heavy atom. The fourth-order valence-corrected chi connectivity index (χ4v) is 4.25. The molecule has 0 saturated heterocycles. The molecule has 0 aliphatic heterocycles. The molecular formula is C30H29F3N4. The number of halogens is 3. The molecule has 0 bridgehead atoms. The molecule has 37 heavy (non-hydrogen) atoms. The lowest BCUT2D eigenvalue weighted by Crippen LogP contribution is -1.99. The van der Waals surface area contributed by atoms with E-state index in [1.54, 1.807) is 18.3 Å². The number of H-pyrrole nitrogens is 2. The summed E-state index contributed by atoms with van der Waals surface area (Å²) in [6.07, 6.45) is 5.75. The number of nitrogens with one attached hydrogen (secondary N) is 2. The summed E-state index contributed by atoms with van der Waals surface area (Å²) in [5.74, 6) is -0.987. The minimum Gasteiger partial charge on any atom is -0.361 e. The van der Waals surface area contributed by atoms with E-state index < -0.39 is 17.5 Å². The number of benzene rings is 3. The third-order valence-electron chi connectivity index (χ3n) is 6.02. The number of fused-ring (bicyclic) bond motifs is 1. The summed E-state index contributed by atoms with van der Waals surface area (Å²) in [5, 5.41) is 7.39. The van der Waals surface area contributed by atoms with Gasteiger partial charge in [0.1, 0.15) is 23.3 Å². The van der Waals surface area contributed by atoms with Crippen molar-refractivity contribution in [3.05, 3.63) is 119 Å². The van der Waals surface area contributed by atoms with Crippen LogP contribution in [0.2, 0.25) is 0 Å². The van der Waals surface area contributed by atoms with Crippen LogP contribution in [-0.2, 0) is 19.3 Å². The molecule has 190 valence electrons. The van der Waals surface area contributed by atoms with Gasteiger partial charge in [-0.05, 0) is 53.8 Å². The highest BCUT2D eigenvalue weighted by atomic mass is 19.1. The highest BCUT2D eigenvalue weighted by molar-refractivity contribution is 5.81. The molecule has 0 atom stereocenters. The fraction of sp³-hybridized carbons (Fsp3) is 0.200. The maximum Gasteiger partial charge on any atom is 0.184 e. The average molecular weight is 503 g/mol. The van der Waals surface area contributed by atoms with Crippen LogP contribution in [0.4, 0.5) is 13.2 Å². The summed E-state index contributed by atoms with van der Waals surface area (Å²) in [4.78, 5) is 7.28. The highest BCUT2D eigenvalue weighted by Crippen LogP contribution is 2.28. The van der Waals surface area contributed by atoms with Gasteiger partial charge in [0.05, 0.1) is 11.1 Å². The van der Waals surface area contributed by atoms with Crippen LogP contribution in [0.1, 0.15) is 48.3 Å². The third-order valence-corrected chi connectivity index (χ3v) is 6.02. The molecule has 0 aliphatic rings. The zero-order chi connectivity index (χ0) is 26.4. The van der Waals surface area contributed by atoms with E-state index >= 15 is 0 Å². The van der Waals surface area contributed by atoms with E-state index in [2.05, 4.69) is 38.9 Å². The molecule has 0 saturated carbocycles. The molecule has 7 heteroatoms. The average Bonchev–Trinajstić information content (AvgIpc) is 3.57. The molecule has 0 spiro atoms. The third kappa shape index (κ3) is 5.82. The monoisotopic (exact) mass is 502 g/mol.